The highest BCUT2D eigenvalue weighted by Crippen LogP contribution is 2.44. The molecule has 0 aromatic heterocycles. The summed E-state index contributed by atoms with van der Waals surface area (Å²) in [7, 11) is 0. The first kappa shape index (κ1) is 11.5. The molecule has 96 valence electrons. The second-order valence-electron chi connectivity index (χ2n) is 6.10. The van der Waals surface area contributed by atoms with Gasteiger partial charge in [0.2, 0.25) is 0 Å². The van der Waals surface area contributed by atoms with Gasteiger partial charge in [0.05, 0.1) is 18.1 Å². The zero-order chi connectivity index (χ0) is 11.9. The summed E-state index contributed by atoms with van der Waals surface area (Å²) in [5.74, 6) is 0.183. The van der Waals surface area contributed by atoms with E-state index in [2.05, 4.69) is 6.92 Å². The van der Waals surface area contributed by atoms with Crippen molar-refractivity contribution in [1.82, 2.24) is 0 Å². The summed E-state index contributed by atoms with van der Waals surface area (Å²) >= 11 is 0. The van der Waals surface area contributed by atoms with Crippen LogP contribution in [0.15, 0.2) is 0 Å². The number of rotatable bonds is 2. The van der Waals surface area contributed by atoms with Crippen LogP contribution in [-0.2, 0) is 14.3 Å². The van der Waals surface area contributed by atoms with Gasteiger partial charge in [-0.1, -0.05) is 19.3 Å². The number of carbonyl (C=O) groups is 1. The molecule has 0 amide bonds. The maximum absolute atomic E-state index is 12.2. The summed E-state index contributed by atoms with van der Waals surface area (Å²) in [6.45, 7) is 2.05. The number of hydrogen-bond acceptors (Lipinski definition) is 3. The van der Waals surface area contributed by atoms with Crippen LogP contribution < -0.4 is 0 Å². The Labute approximate surface area is 103 Å². The smallest absolute Gasteiger partial charge is 0.309 e. The topological polar surface area (TPSA) is 35.5 Å². The van der Waals surface area contributed by atoms with Crippen LogP contribution >= 0.6 is 0 Å². The van der Waals surface area contributed by atoms with Gasteiger partial charge in [0, 0.05) is 6.42 Å². The summed E-state index contributed by atoms with van der Waals surface area (Å²) < 4.78 is 11.6. The monoisotopic (exact) mass is 238 g/mol. The molecule has 3 nitrogen and oxygen atoms in total. The van der Waals surface area contributed by atoms with Crippen LogP contribution in [0.5, 0.6) is 0 Å². The Morgan fingerprint density at radius 3 is 2.53 bits per heavy atom. The normalized spacial score (nSPS) is 41.7. The maximum atomic E-state index is 12.2. The molecule has 3 atom stereocenters. The van der Waals surface area contributed by atoms with Gasteiger partial charge in [-0.3, -0.25) is 4.79 Å². The molecular formula is C14H22O3. The van der Waals surface area contributed by atoms with E-state index >= 15 is 0 Å². The van der Waals surface area contributed by atoms with Gasteiger partial charge >= 0.3 is 5.97 Å². The summed E-state index contributed by atoms with van der Waals surface area (Å²) in [5, 5.41) is 0. The largest absolute Gasteiger partial charge is 0.456 e. The van der Waals surface area contributed by atoms with Gasteiger partial charge in [0.25, 0.3) is 0 Å². The van der Waals surface area contributed by atoms with E-state index in [1.165, 1.54) is 19.3 Å². The molecule has 1 aliphatic carbocycles. The molecule has 2 heterocycles. The number of carbonyl (C=O) groups excluding carboxylic acids is 1. The fourth-order valence-electron chi connectivity index (χ4n) is 3.65. The molecule has 0 spiro atoms. The highest BCUT2D eigenvalue weighted by Gasteiger charge is 2.52. The molecule has 3 rings (SSSR count). The van der Waals surface area contributed by atoms with Gasteiger partial charge in [-0.05, 0) is 32.6 Å². The lowest BCUT2D eigenvalue weighted by molar-refractivity contribution is -0.169. The van der Waals surface area contributed by atoms with Crippen molar-refractivity contribution in [2.45, 2.75) is 76.1 Å². The van der Waals surface area contributed by atoms with Crippen LogP contribution in [0.1, 0.15) is 58.3 Å². The number of fused-ring (bicyclic) bond motifs is 2. The molecule has 1 saturated carbocycles. The van der Waals surface area contributed by atoms with Crippen molar-refractivity contribution in [3.05, 3.63) is 0 Å². The van der Waals surface area contributed by atoms with Crippen molar-refractivity contribution < 1.29 is 14.3 Å². The van der Waals surface area contributed by atoms with Crippen LogP contribution in [0.2, 0.25) is 0 Å². The zero-order valence-corrected chi connectivity index (χ0v) is 10.6. The number of esters is 1. The molecule has 2 bridgehead atoms. The van der Waals surface area contributed by atoms with E-state index in [1.807, 2.05) is 0 Å². The molecule has 0 aromatic rings. The third-order valence-electron chi connectivity index (χ3n) is 4.69. The summed E-state index contributed by atoms with van der Waals surface area (Å²) in [4.78, 5) is 12.2. The fourth-order valence-corrected chi connectivity index (χ4v) is 3.65. The van der Waals surface area contributed by atoms with Gasteiger partial charge in [-0.15, -0.1) is 0 Å². The number of hydrogen-bond donors (Lipinski definition) is 0. The predicted octanol–water partition coefficient (Wildman–Crippen LogP) is 2.82. The molecule has 3 aliphatic rings. The van der Waals surface area contributed by atoms with Gasteiger partial charge in [0.15, 0.2) is 0 Å². The second-order valence-corrected chi connectivity index (χ2v) is 6.10. The second kappa shape index (κ2) is 4.27. The Hall–Kier alpha value is -0.570. The standard InChI is InChI=1S/C14H22O3/c1-14(9-11-7-8-12(14)16-11)17-13(15)10-5-3-2-4-6-10/h10-12H,2-9H2,1H3. The summed E-state index contributed by atoms with van der Waals surface area (Å²) in [6, 6.07) is 0. The fraction of sp³-hybridized carbons (Fsp3) is 0.929. The maximum Gasteiger partial charge on any atom is 0.309 e. The first-order valence-corrected chi connectivity index (χ1v) is 7.06. The lowest BCUT2D eigenvalue weighted by Crippen LogP contribution is -2.42. The molecular weight excluding hydrogens is 216 g/mol. The SMILES string of the molecule is CC1(OC(=O)C2CCCCC2)CC2CCC1O2. The van der Waals surface area contributed by atoms with Gasteiger partial charge in [-0.2, -0.15) is 0 Å². The lowest BCUT2D eigenvalue weighted by atomic mass is 9.85. The first-order valence-electron chi connectivity index (χ1n) is 7.06. The summed E-state index contributed by atoms with van der Waals surface area (Å²) in [5.41, 5.74) is -0.336. The molecule has 3 unspecified atom stereocenters. The van der Waals surface area contributed by atoms with Crippen LogP contribution in [0.3, 0.4) is 0 Å². The Kier molecular flexibility index (Phi) is 2.89. The Morgan fingerprint density at radius 2 is 1.94 bits per heavy atom. The van der Waals surface area contributed by atoms with Crippen molar-refractivity contribution in [2.24, 2.45) is 5.92 Å². The molecule has 2 aliphatic heterocycles. The molecule has 3 heteroatoms. The summed E-state index contributed by atoms with van der Waals surface area (Å²) in [6.07, 6.45) is 9.25. The third kappa shape index (κ3) is 2.10. The molecule has 0 aromatic carbocycles. The van der Waals surface area contributed by atoms with Crippen LogP contribution in [-0.4, -0.2) is 23.8 Å². The molecule has 3 fully saturated rings. The van der Waals surface area contributed by atoms with Crippen molar-refractivity contribution in [3.63, 3.8) is 0 Å². The Bertz CT molecular complexity index is 309. The van der Waals surface area contributed by atoms with Crippen LogP contribution in [0.25, 0.3) is 0 Å². The van der Waals surface area contributed by atoms with Crippen molar-refractivity contribution in [2.75, 3.05) is 0 Å². The molecule has 0 radical (unpaired) electrons. The lowest BCUT2D eigenvalue weighted by Gasteiger charge is -2.33. The van der Waals surface area contributed by atoms with Crippen molar-refractivity contribution >= 4 is 5.97 Å². The van der Waals surface area contributed by atoms with Gasteiger partial charge in [-0.25, -0.2) is 0 Å². The van der Waals surface area contributed by atoms with E-state index in [0.29, 0.717) is 6.10 Å². The molecule has 2 saturated heterocycles. The van der Waals surface area contributed by atoms with Crippen molar-refractivity contribution in [3.8, 4) is 0 Å². The zero-order valence-electron chi connectivity index (χ0n) is 10.6. The van der Waals surface area contributed by atoms with E-state index in [4.69, 9.17) is 9.47 Å². The van der Waals surface area contributed by atoms with Gasteiger partial charge in [0.1, 0.15) is 5.60 Å². The van der Waals surface area contributed by atoms with E-state index in [9.17, 15) is 4.79 Å². The third-order valence-corrected chi connectivity index (χ3v) is 4.69. The quantitative estimate of drug-likeness (QED) is 0.694. The van der Waals surface area contributed by atoms with Crippen LogP contribution in [0, 0.1) is 5.92 Å². The van der Waals surface area contributed by atoms with Crippen LogP contribution in [0.4, 0.5) is 0 Å². The van der Waals surface area contributed by atoms with E-state index in [0.717, 1.165) is 32.1 Å². The highest BCUT2D eigenvalue weighted by atomic mass is 16.6. The molecule has 0 N–H and O–H groups in total. The van der Waals surface area contributed by atoms with E-state index in [1.54, 1.807) is 0 Å². The minimum absolute atomic E-state index is 0.0309. The molecule has 17 heavy (non-hydrogen) atoms. The Morgan fingerprint density at radius 1 is 1.18 bits per heavy atom. The Balaban J connectivity index is 1.60. The van der Waals surface area contributed by atoms with E-state index in [-0.39, 0.29) is 23.6 Å². The van der Waals surface area contributed by atoms with Gasteiger partial charge < -0.3 is 9.47 Å². The first-order chi connectivity index (χ1) is 8.17. The predicted molar refractivity (Wildman–Crippen MR) is 63.6 cm³/mol. The minimum Gasteiger partial charge on any atom is -0.456 e. The van der Waals surface area contributed by atoms with E-state index < -0.39 is 0 Å². The average molecular weight is 238 g/mol. The highest BCUT2D eigenvalue weighted by molar-refractivity contribution is 5.73. The van der Waals surface area contributed by atoms with Crippen molar-refractivity contribution in [1.29, 1.82) is 0 Å². The average Bonchev–Trinajstić information content (AvgIpc) is 2.89. The minimum atomic E-state index is -0.336. The number of ether oxygens (including phenoxy) is 2.